The maximum absolute atomic E-state index is 12.1. The van der Waals surface area contributed by atoms with Crippen LogP contribution in [-0.4, -0.2) is 42.4 Å². The van der Waals surface area contributed by atoms with Gasteiger partial charge in [0.2, 0.25) is 6.29 Å². The van der Waals surface area contributed by atoms with Crippen LogP contribution in [0.5, 0.6) is 5.75 Å². The molecule has 0 spiro atoms. The molecule has 3 aromatic carbocycles. The molecule has 7 nitrogen and oxygen atoms in total. The summed E-state index contributed by atoms with van der Waals surface area (Å²) in [6, 6.07) is 21.3. The van der Waals surface area contributed by atoms with Gasteiger partial charge in [-0.2, -0.15) is 0 Å². The third-order valence-electron chi connectivity index (χ3n) is 7.31. The highest BCUT2D eigenvalue weighted by molar-refractivity contribution is 8.00. The van der Waals surface area contributed by atoms with E-state index in [0.717, 1.165) is 46.4 Å². The summed E-state index contributed by atoms with van der Waals surface area (Å²) in [5, 5.41) is 12.9. The van der Waals surface area contributed by atoms with Gasteiger partial charge in [-0.15, -0.1) is 0 Å². The molecule has 2 heterocycles. The molecule has 0 aliphatic carbocycles. The second kappa shape index (κ2) is 10.7. The molecule has 2 unspecified atom stereocenters. The number of hydrogen-bond acceptors (Lipinski definition) is 7. The lowest BCUT2D eigenvalue weighted by Crippen LogP contribution is -2.38. The number of benzene rings is 3. The zero-order valence-corrected chi connectivity index (χ0v) is 21.6. The third kappa shape index (κ3) is 5.02. The van der Waals surface area contributed by atoms with Crippen LogP contribution in [0.25, 0.3) is 0 Å². The molecular formula is C29H31N3O4S. The second-order valence-corrected chi connectivity index (χ2v) is 10.9. The number of nitrogens with two attached hydrogens (primary N) is 1. The van der Waals surface area contributed by atoms with Gasteiger partial charge in [0.05, 0.1) is 12.8 Å². The first-order chi connectivity index (χ1) is 17.9. The van der Waals surface area contributed by atoms with Crippen LogP contribution in [0.2, 0.25) is 0 Å². The average molecular weight is 518 g/mol. The number of likely N-dealkylation sites (tertiary alicyclic amines) is 1. The standard InChI is InChI=1S/C29H31N3O4S/c1-36-26-17-20(8-9-21(26)18-31-14-4-5-15-31)16-25-24-6-2-3-7-27(24)37-29(25,35)22-10-12-23(13-11-22)32(30)28(34)19-33/h2-3,6-13,17,19,25,35H,4-5,14-16,18,30H2,1H3. The van der Waals surface area contributed by atoms with Gasteiger partial charge in [0.25, 0.3) is 0 Å². The summed E-state index contributed by atoms with van der Waals surface area (Å²) in [6.07, 6.45) is 3.28. The number of carbonyl (C=O) groups excluding carboxylic acids is 2. The SMILES string of the molecule is COc1cc(CC2c3ccccc3SC2(O)c2ccc(N(N)C(=O)C=O)cc2)ccc1CN1CCCC1. The second-order valence-electron chi connectivity index (χ2n) is 9.60. The van der Waals surface area contributed by atoms with Crippen molar-refractivity contribution < 1.29 is 19.4 Å². The minimum absolute atomic E-state index is 0.172. The number of ether oxygens (including phenoxy) is 1. The summed E-state index contributed by atoms with van der Waals surface area (Å²) in [4.78, 5) is 24.7. The van der Waals surface area contributed by atoms with Gasteiger partial charge < -0.3 is 9.84 Å². The van der Waals surface area contributed by atoms with Crippen molar-refractivity contribution in [1.82, 2.24) is 4.90 Å². The molecule has 0 radical (unpaired) electrons. The van der Waals surface area contributed by atoms with Gasteiger partial charge >= 0.3 is 5.91 Å². The number of methoxy groups -OCH3 is 1. The first-order valence-electron chi connectivity index (χ1n) is 12.5. The van der Waals surface area contributed by atoms with Crippen molar-refractivity contribution in [3.63, 3.8) is 0 Å². The average Bonchev–Trinajstić information content (AvgIpc) is 3.55. The van der Waals surface area contributed by atoms with Crippen LogP contribution >= 0.6 is 11.8 Å². The van der Waals surface area contributed by atoms with E-state index in [1.807, 2.05) is 18.2 Å². The molecule has 0 saturated carbocycles. The Labute approximate surface area is 221 Å². The van der Waals surface area contributed by atoms with E-state index in [2.05, 4.69) is 29.2 Å². The van der Waals surface area contributed by atoms with E-state index in [4.69, 9.17) is 10.6 Å². The maximum atomic E-state index is 12.1. The van der Waals surface area contributed by atoms with Gasteiger partial charge in [-0.25, -0.2) is 10.9 Å². The maximum Gasteiger partial charge on any atom is 0.305 e. The molecular weight excluding hydrogens is 486 g/mol. The van der Waals surface area contributed by atoms with E-state index in [0.29, 0.717) is 17.7 Å². The number of aliphatic hydroxyl groups is 1. The highest BCUT2D eigenvalue weighted by Gasteiger charge is 2.47. The van der Waals surface area contributed by atoms with Crippen molar-refractivity contribution in [2.45, 2.75) is 41.6 Å². The number of thioether (sulfide) groups is 1. The molecule has 2 aliphatic heterocycles. The lowest BCUT2D eigenvalue weighted by atomic mass is 9.84. The molecule has 192 valence electrons. The molecule has 1 saturated heterocycles. The van der Waals surface area contributed by atoms with Crippen LogP contribution < -0.4 is 15.6 Å². The van der Waals surface area contributed by atoms with Gasteiger partial charge in [0.15, 0.2) is 0 Å². The smallest absolute Gasteiger partial charge is 0.305 e. The number of nitrogens with zero attached hydrogens (tertiary/aromatic N) is 2. The van der Waals surface area contributed by atoms with Crippen LogP contribution in [0, 0.1) is 0 Å². The molecule has 8 heteroatoms. The fourth-order valence-corrected chi connectivity index (χ4v) is 6.74. The summed E-state index contributed by atoms with van der Waals surface area (Å²) in [7, 11) is 1.71. The summed E-state index contributed by atoms with van der Waals surface area (Å²) in [6.45, 7) is 3.13. The third-order valence-corrected chi connectivity index (χ3v) is 8.74. The number of aldehydes is 1. The molecule has 3 N–H and O–H groups in total. The lowest BCUT2D eigenvalue weighted by Gasteiger charge is -2.31. The van der Waals surface area contributed by atoms with Crippen molar-refractivity contribution in [1.29, 1.82) is 0 Å². The normalized spacial score (nSPS) is 21.0. The number of hydrogen-bond donors (Lipinski definition) is 2. The number of fused-ring (bicyclic) bond motifs is 1. The van der Waals surface area contributed by atoms with Crippen LogP contribution in [0.4, 0.5) is 5.69 Å². The van der Waals surface area contributed by atoms with Crippen molar-refractivity contribution in [2.75, 3.05) is 25.2 Å². The predicted octanol–water partition coefficient (Wildman–Crippen LogP) is 3.97. The highest BCUT2D eigenvalue weighted by Crippen LogP contribution is 2.58. The zero-order valence-electron chi connectivity index (χ0n) is 20.8. The Morgan fingerprint density at radius 1 is 1.16 bits per heavy atom. The van der Waals surface area contributed by atoms with Gasteiger partial charge in [0.1, 0.15) is 10.7 Å². The fraction of sp³-hybridized carbons (Fsp3) is 0.310. The Bertz CT molecular complexity index is 1290. The highest BCUT2D eigenvalue weighted by atomic mass is 32.2. The Kier molecular flexibility index (Phi) is 7.35. The summed E-state index contributed by atoms with van der Waals surface area (Å²) >= 11 is 1.43. The number of rotatable bonds is 8. The molecule has 2 aliphatic rings. The topological polar surface area (TPSA) is 96.1 Å². The molecule has 1 fully saturated rings. The van der Waals surface area contributed by atoms with Crippen LogP contribution in [-0.2, 0) is 27.5 Å². The van der Waals surface area contributed by atoms with E-state index >= 15 is 0 Å². The van der Waals surface area contributed by atoms with Gasteiger partial charge in [0, 0.05) is 22.9 Å². The minimum atomic E-state index is -1.22. The van der Waals surface area contributed by atoms with Crippen LogP contribution in [0.1, 0.15) is 41.0 Å². The van der Waals surface area contributed by atoms with Gasteiger partial charge in [-0.3, -0.25) is 14.5 Å². The molecule has 2 atom stereocenters. The van der Waals surface area contributed by atoms with Crippen LogP contribution in [0.15, 0.2) is 71.6 Å². The molecule has 0 bridgehead atoms. The molecule has 3 aromatic rings. The molecule has 5 rings (SSSR count). The van der Waals surface area contributed by atoms with E-state index in [-0.39, 0.29) is 12.2 Å². The molecule has 1 amide bonds. The van der Waals surface area contributed by atoms with E-state index < -0.39 is 10.8 Å². The number of amides is 1. The number of carbonyl (C=O) groups is 2. The number of hydrazine groups is 1. The fourth-order valence-electron chi connectivity index (χ4n) is 5.33. The zero-order chi connectivity index (χ0) is 26.0. The van der Waals surface area contributed by atoms with E-state index in [1.165, 1.54) is 30.2 Å². The minimum Gasteiger partial charge on any atom is -0.496 e. The van der Waals surface area contributed by atoms with E-state index in [1.54, 1.807) is 31.4 Å². The van der Waals surface area contributed by atoms with Gasteiger partial charge in [-0.05, 0) is 73.3 Å². The Morgan fingerprint density at radius 3 is 2.59 bits per heavy atom. The van der Waals surface area contributed by atoms with Crippen molar-refractivity contribution in [3.8, 4) is 5.75 Å². The van der Waals surface area contributed by atoms with Crippen molar-refractivity contribution >= 4 is 29.6 Å². The first-order valence-corrected chi connectivity index (χ1v) is 13.3. The summed E-state index contributed by atoms with van der Waals surface area (Å²) in [5.41, 5.74) is 4.43. The lowest BCUT2D eigenvalue weighted by molar-refractivity contribution is -0.129. The van der Waals surface area contributed by atoms with Crippen molar-refractivity contribution in [3.05, 3.63) is 89.0 Å². The van der Waals surface area contributed by atoms with Crippen molar-refractivity contribution in [2.24, 2.45) is 5.84 Å². The van der Waals surface area contributed by atoms with Crippen LogP contribution in [0.3, 0.4) is 0 Å². The first kappa shape index (κ1) is 25.5. The number of anilines is 1. The Hall–Kier alpha value is -3.17. The predicted molar refractivity (Wildman–Crippen MR) is 144 cm³/mol. The largest absolute Gasteiger partial charge is 0.496 e. The molecule has 0 aromatic heterocycles. The van der Waals surface area contributed by atoms with E-state index in [9.17, 15) is 14.7 Å². The molecule has 37 heavy (non-hydrogen) atoms. The monoisotopic (exact) mass is 517 g/mol. The van der Waals surface area contributed by atoms with Gasteiger partial charge in [-0.1, -0.05) is 54.2 Å². The Morgan fingerprint density at radius 2 is 1.89 bits per heavy atom. The summed E-state index contributed by atoms with van der Waals surface area (Å²) < 4.78 is 5.77. The Balaban J connectivity index is 1.44. The summed E-state index contributed by atoms with van der Waals surface area (Å²) in [5.74, 6) is 5.57. The quantitative estimate of drug-likeness (QED) is 0.153.